The fourth-order valence-electron chi connectivity index (χ4n) is 1.49. The van der Waals surface area contributed by atoms with Gasteiger partial charge in [0.2, 0.25) is 0 Å². The zero-order valence-electron chi connectivity index (χ0n) is 12.2. The lowest BCUT2D eigenvalue weighted by molar-refractivity contribution is 0.250. The Hall–Kier alpha value is -1.78. The number of amides is 2. The summed E-state index contributed by atoms with van der Waals surface area (Å²) in [6, 6.07) is 3.61. The van der Waals surface area contributed by atoms with Gasteiger partial charge in [-0.25, -0.2) is 9.78 Å². The van der Waals surface area contributed by atoms with Gasteiger partial charge in [0, 0.05) is 12.6 Å². The number of hydrogen-bond acceptors (Lipinski definition) is 3. The van der Waals surface area contributed by atoms with Crippen LogP contribution < -0.4 is 16.0 Å². The lowest BCUT2D eigenvalue weighted by Crippen LogP contribution is -2.34. The summed E-state index contributed by atoms with van der Waals surface area (Å²) < 4.78 is 0. The molecule has 0 atom stereocenters. The first-order valence-corrected chi connectivity index (χ1v) is 6.75. The van der Waals surface area contributed by atoms with Gasteiger partial charge in [-0.05, 0) is 38.3 Å². The van der Waals surface area contributed by atoms with Crippen LogP contribution in [0.3, 0.4) is 0 Å². The van der Waals surface area contributed by atoms with Gasteiger partial charge in [0.25, 0.3) is 0 Å². The maximum atomic E-state index is 11.5. The second-order valence-corrected chi connectivity index (χ2v) is 5.29. The van der Waals surface area contributed by atoms with Crippen LogP contribution in [0.4, 0.5) is 16.3 Å². The van der Waals surface area contributed by atoms with Crippen LogP contribution in [0.5, 0.6) is 0 Å². The first-order chi connectivity index (χ1) is 8.97. The molecule has 106 valence electrons. The molecule has 0 aromatic carbocycles. The molecule has 0 unspecified atom stereocenters. The molecular formula is C14H24N4O. The SMILES string of the molecule is CC(C)CCNc1ccc(NC(=O)NC(C)C)cn1. The van der Waals surface area contributed by atoms with Crippen LogP contribution >= 0.6 is 0 Å². The number of urea groups is 1. The first kappa shape index (κ1) is 15.3. The Morgan fingerprint density at radius 2 is 2.00 bits per heavy atom. The minimum Gasteiger partial charge on any atom is -0.370 e. The van der Waals surface area contributed by atoms with Crippen LogP contribution in [0, 0.1) is 5.92 Å². The number of carbonyl (C=O) groups excluding carboxylic acids is 1. The zero-order valence-corrected chi connectivity index (χ0v) is 12.2. The van der Waals surface area contributed by atoms with E-state index in [4.69, 9.17) is 0 Å². The van der Waals surface area contributed by atoms with E-state index in [0.717, 1.165) is 18.8 Å². The highest BCUT2D eigenvalue weighted by Crippen LogP contribution is 2.10. The lowest BCUT2D eigenvalue weighted by atomic mass is 10.1. The maximum Gasteiger partial charge on any atom is 0.319 e. The number of pyridine rings is 1. The summed E-state index contributed by atoms with van der Waals surface area (Å²) in [6.45, 7) is 9.12. The van der Waals surface area contributed by atoms with Crippen molar-refractivity contribution in [1.82, 2.24) is 10.3 Å². The smallest absolute Gasteiger partial charge is 0.319 e. The molecule has 0 saturated carbocycles. The number of anilines is 2. The average molecular weight is 264 g/mol. The monoisotopic (exact) mass is 264 g/mol. The second-order valence-electron chi connectivity index (χ2n) is 5.29. The second kappa shape index (κ2) is 7.61. The quantitative estimate of drug-likeness (QED) is 0.739. The molecule has 1 heterocycles. The number of aromatic nitrogens is 1. The average Bonchev–Trinajstić information content (AvgIpc) is 2.29. The predicted molar refractivity (Wildman–Crippen MR) is 79.5 cm³/mol. The Balaban J connectivity index is 2.41. The van der Waals surface area contributed by atoms with E-state index in [1.165, 1.54) is 0 Å². The van der Waals surface area contributed by atoms with Crippen molar-refractivity contribution in [3.05, 3.63) is 18.3 Å². The third kappa shape index (κ3) is 6.64. The van der Waals surface area contributed by atoms with Crippen molar-refractivity contribution in [2.45, 2.75) is 40.2 Å². The summed E-state index contributed by atoms with van der Waals surface area (Å²) in [5.74, 6) is 1.50. The molecule has 2 amide bonds. The Labute approximate surface area is 115 Å². The van der Waals surface area contributed by atoms with Gasteiger partial charge in [0.15, 0.2) is 0 Å². The van der Waals surface area contributed by atoms with Crippen molar-refractivity contribution < 1.29 is 4.79 Å². The minimum atomic E-state index is -0.211. The van der Waals surface area contributed by atoms with Gasteiger partial charge in [0.05, 0.1) is 11.9 Å². The Bertz CT molecular complexity index is 387. The summed E-state index contributed by atoms with van der Waals surface area (Å²) in [7, 11) is 0. The Kier molecular flexibility index (Phi) is 6.12. The third-order valence-electron chi connectivity index (χ3n) is 2.47. The molecule has 0 bridgehead atoms. The van der Waals surface area contributed by atoms with Gasteiger partial charge < -0.3 is 16.0 Å². The molecule has 0 aliphatic rings. The van der Waals surface area contributed by atoms with Crippen molar-refractivity contribution in [3.8, 4) is 0 Å². The van der Waals surface area contributed by atoms with E-state index >= 15 is 0 Å². The fraction of sp³-hybridized carbons (Fsp3) is 0.571. The summed E-state index contributed by atoms with van der Waals surface area (Å²) in [5.41, 5.74) is 0.688. The molecule has 1 rings (SSSR count). The maximum absolute atomic E-state index is 11.5. The van der Waals surface area contributed by atoms with Crippen LogP contribution in [0.2, 0.25) is 0 Å². The molecule has 1 aromatic heterocycles. The van der Waals surface area contributed by atoms with Crippen molar-refractivity contribution in [3.63, 3.8) is 0 Å². The molecule has 0 saturated heterocycles. The van der Waals surface area contributed by atoms with E-state index in [1.54, 1.807) is 6.20 Å². The van der Waals surface area contributed by atoms with E-state index in [9.17, 15) is 4.79 Å². The predicted octanol–water partition coefficient (Wildman–Crippen LogP) is 3.07. The number of carbonyl (C=O) groups is 1. The van der Waals surface area contributed by atoms with E-state index in [2.05, 4.69) is 34.8 Å². The lowest BCUT2D eigenvalue weighted by Gasteiger charge is -2.11. The van der Waals surface area contributed by atoms with Crippen LogP contribution in [-0.2, 0) is 0 Å². The van der Waals surface area contributed by atoms with Crippen LogP contribution in [-0.4, -0.2) is 23.6 Å². The van der Waals surface area contributed by atoms with Gasteiger partial charge in [0.1, 0.15) is 5.82 Å². The zero-order chi connectivity index (χ0) is 14.3. The number of nitrogens with zero attached hydrogens (tertiary/aromatic N) is 1. The van der Waals surface area contributed by atoms with Crippen LogP contribution in [0.25, 0.3) is 0 Å². The van der Waals surface area contributed by atoms with Crippen molar-refractivity contribution in [1.29, 1.82) is 0 Å². The van der Waals surface area contributed by atoms with Crippen molar-refractivity contribution in [2.24, 2.45) is 5.92 Å². The van der Waals surface area contributed by atoms with Crippen LogP contribution in [0.15, 0.2) is 18.3 Å². The standard InChI is InChI=1S/C14H24N4O/c1-10(2)7-8-15-13-6-5-12(9-16-13)18-14(19)17-11(3)4/h5-6,9-11H,7-8H2,1-4H3,(H,15,16)(H2,17,18,19). The van der Waals surface area contributed by atoms with E-state index in [1.807, 2.05) is 26.0 Å². The van der Waals surface area contributed by atoms with Gasteiger partial charge in [-0.3, -0.25) is 0 Å². The minimum absolute atomic E-state index is 0.116. The largest absolute Gasteiger partial charge is 0.370 e. The number of nitrogens with one attached hydrogen (secondary N) is 3. The summed E-state index contributed by atoms with van der Waals surface area (Å²) in [6.07, 6.45) is 2.76. The van der Waals surface area contributed by atoms with Gasteiger partial charge in [-0.1, -0.05) is 13.8 Å². The third-order valence-corrected chi connectivity index (χ3v) is 2.47. The van der Waals surface area contributed by atoms with Crippen LogP contribution in [0.1, 0.15) is 34.1 Å². The van der Waals surface area contributed by atoms with E-state index in [0.29, 0.717) is 11.6 Å². The Morgan fingerprint density at radius 1 is 1.26 bits per heavy atom. The topological polar surface area (TPSA) is 66.0 Å². The molecular weight excluding hydrogens is 240 g/mol. The molecule has 0 aliphatic carbocycles. The van der Waals surface area contributed by atoms with Gasteiger partial charge in [-0.2, -0.15) is 0 Å². The van der Waals surface area contributed by atoms with Gasteiger partial charge >= 0.3 is 6.03 Å². The molecule has 19 heavy (non-hydrogen) atoms. The summed E-state index contributed by atoms with van der Waals surface area (Å²) in [5, 5.41) is 8.74. The molecule has 0 aliphatic heterocycles. The first-order valence-electron chi connectivity index (χ1n) is 6.75. The number of hydrogen-bond donors (Lipinski definition) is 3. The van der Waals surface area contributed by atoms with Gasteiger partial charge in [-0.15, -0.1) is 0 Å². The molecule has 5 nitrogen and oxygen atoms in total. The number of rotatable bonds is 6. The summed E-state index contributed by atoms with van der Waals surface area (Å²) >= 11 is 0. The molecule has 3 N–H and O–H groups in total. The van der Waals surface area contributed by atoms with Crippen molar-refractivity contribution in [2.75, 3.05) is 17.2 Å². The van der Waals surface area contributed by atoms with E-state index in [-0.39, 0.29) is 12.1 Å². The molecule has 0 spiro atoms. The fourth-order valence-corrected chi connectivity index (χ4v) is 1.49. The normalized spacial score (nSPS) is 10.6. The highest BCUT2D eigenvalue weighted by molar-refractivity contribution is 5.89. The highest BCUT2D eigenvalue weighted by Gasteiger charge is 2.03. The Morgan fingerprint density at radius 3 is 2.53 bits per heavy atom. The van der Waals surface area contributed by atoms with E-state index < -0.39 is 0 Å². The summed E-state index contributed by atoms with van der Waals surface area (Å²) in [4.78, 5) is 15.7. The molecule has 0 fully saturated rings. The highest BCUT2D eigenvalue weighted by atomic mass is 16.2. The van der Waals surface area contributed by atoms with Crippen molar-refractivity contribution >= 4 is 17.5 Å². The molecule has 5 heteroatoms. The molecule has 0 radical (unpaired) electrons. The molecule has 1 aromatic rings.